The van der Waals surface area contributed by atoms with Crippen molar-refractivity contribution >= 4 is 5.91 Å². The quantitative estimate of drug-likeness (QED) is 0.575. The van der Waals surface area contributed by atoms with Gasteiger partial charge in [-0.3, -0.25) is 4.79 Å². The van der Waals surface area contributed by atoms with Crippen LogP contribution in [0.1, 0.15) is 22.8 Å². The van der Waals surface area contributed by atoms with E-state index in [2.05, 4.69) is 5.32 Å². The second-order valence-corrected chi connectivity index (χ2v) is 6.46. The Bertz CT molecular complexity index is 913. The van der Waals surface area contributed by atoms with Crippen LogP contribution < -0.4 is 19.5 Å². The second-order valence-electron chi connectivity index (χ2n) is 6.46. The first-order chi connectivity index (χ1) is 14.8. The number of alkyl halides is 6. The smallest absolute Gasteiger partial charge is 0.416 e. The maximum Gasteiger partial charge on any atom is 0.416 e. The topological polar surface area (TPSA) is 77.0 Å². The molecular weight excluding hydrogens is 448 g/mol. The molecule has 176 valence electrons. The molecule has 0 bridgehead atoms. The Labute approximate surface area is 178 Å². The van der Waals surface area contributed by atoms with Gasteiger partial charge in [0.1, 0.15) is 5.75 Å². The lowest BCUT2D eigenvalue weighted by molar-refractivity contribution is -0.143. The number of carbonyl (C=O) groups is 1. The van der Waals surface area contributed by atoms with Crippen molar-refractivity contribution in [2.24, 2.45) is 0 Å². The molecular formula is C20H19F6NO5. The van der Waals surface area contributed by atoms with Gasteiger partial charge in [0.15, 0.2) is 18.1 Å². The Kier molecular flexibility index (Phi) is 7.83. The molecule has 2 aromatic rings. The number of amides is 1. The van der Waals surface area contributed by atoms with Crippen molar-refractivity contribution in [1.82, 2.24) is 5.32 Å². The fraction of sp³-hybridized carbons (Fsp3) is 0.350. The number of nitrogens with one attached hydrogen (secondary N) is 1. The van der Waals surface area contributed by atoms with Crippen molar-refractivity contribution in [3.63, 3.8) is 0 Å². The fourth-order valence-corrected chi connectivity index (χ4v) is 2.60. The number of rotatable bonds is 8. The zero-order valence-corrected chi connectivity index (χ0v) is 16.8. The van der Waals surface area contributed by atoms with Crippen molar-refractivity contribution < 1.29 is 50.5 Å². The highest BCUT2D eigenvalue weighted by molar-refractivity contribution is 5.77. The number of methoxy groups -OCH3 is 2. The van der Waals surface area contributed by atoms with Gasteiger partial charge in [-0.2, -0.15) is 26.3 Å². The highest BCUT2D eigenvalue weighted by Gasteiger charge is 2.37. The lowest BCUT2D eigenvalue weighted by Gasteiger charge is -2.16. The fourth-order valence-electron chi connectivity index (χ4n) is 2.60. The van der Waals surface area contributed by atoms with E-state index in [1.54, 1.807) is 0 Å². The lowest BCUT2D eigenvalue weighted by Crippen LogP contribution is -2.32. The lowest BCUT2D eigenvalue weighted by atomic mass is 10.1. The Morgan fingerprint density at radius 3 is 2.00 bits per heavy atom. The first-order valence-corrected chi connectivity index (χ1v) is 8.94. The number of carbonyl (C=O) groups excluding carboxylic acids is 1. The van der Waals surface area contributed by atoms with Crippen molar-refractivity contribution in [2.75, 3.05) is 27.4 Å². The summed E-state index contributed by atoms with van der Waals surface area (Å²) < 4.78 is 92.2. The van der Waals surface area contributed by atoms with Gasteiger partial charge in [0.2, 0.25) is 0 Å². The Morgan fingerprint density at radius 1 is 0.938 bits per heavy atom. The van der Waals surface area contributed by atoms with E-state index < -0.39 is 47.8 Å². The molecule has 0 aromatic heterocycles. The number of hydrogen-bond acceptors (Lipinski definition) is 5. The molecule has 2 N–H and O–H groups in total. The van der Waals surface area contributed by atoms with E-state index in [9.17, 15) is 36.2 Å². The number of aliphatic hydroxyl groups is 1. The Morgan fingerprint density at radius 2 is 1.50 bits per heavy atom. The standard InChI is InChI=1S/C20H19F6NO5/c1-30-16-4-3-11(5-17(16)31-2)15(28)9-27-18(29)10-32-14-7-12(19(21,22)23)6-13(8-14)20(24,25)26/h3-8,15,28H,9-10H2,1-2H3,(H,27,29). The van der Waals surface area contributed by atoms with Gasteiger partial charge in [0.25, 0.3) is 5.91 Å². The van der Waals surface area contributed by atoms with Crippen molar-refractivity contribution in [1.29, 1.82) is 0 Å². The summed E-state index contributed by atoms with van der Waals surface area (Å²) in [6, 6.07) is 5.21. The second kappa shape index (κ2) is 9.98. The van der Waals surface area contributed by atoms with E-state index in [1.807, 2.05) is 0 Å². The third kappa shape index (κ3) is 6.67. The first kappa shape index (κ1) is 25.1. The monoisotopic (exact) mass is 467 g/mol. The summed E-state index contributed by atoms with van der Waals surface area (Å²) >= 11 is 0. The van der Waals surface area contributed by atoms with Gasteiger partial charge < -0.3 is 24.6 Å². The van der Waals surface area contributed by atoms with Crippen molar-refractivity contribution in [3.8, 4) is 17.2 Å². The predicted octanol–water partition coefficient (Wildman–Crippen LogP) is 3.97. The largest absolute Gasteiger partial charge is 0.493 e. The van der Waals surface area contributed by atoms with Crippen LogP contribution in [0.25, 0.3) is 0 Å². The maximum atomic E-state index is 12.9. The zero-order valence-electron chi connectivity index (χ0n) is 16.8. The SMILES string of the molecule is COc1ccc(C(O)CNC(=O)COc2cc(C(F)(F)F)cc(C(F)(F)F)c2)cc1OC. The molecule has 0 aliphatic carbocycles. The summed E-state index contributed by atoms with van der Waals surface area (Å²) in [5.41, 5.74) is -2.75. The van der Waals surface area contributed by atoms with E-state index in [1.165, 1.54) is 32.4 Å². The Hall–Kier alpha value is -3.15. The van der Waals surface area contributed by atoms with Crippen LogP contribution in [0.3, 0.4) is 0 Å². The van der Waals surface area contributed by atoms with Crippen molar-refractivity contribution in [2.45, 2.75) is 18.5 Å². The Balaban J connectivity index is 2.01. The van der Waals surface area contributed by atoms with Gasteiger partial charge in [0, 0.05) is 6.54 Å². The van der Waals surface area contributed by atoms with Crippen LogP contribution in [0.15, 0.2) is 36.4 Å². The molecule has 32 heavy (non-hydrogen) atoms. The first-order valence-electron chi connectivity index (χ1n) is 8.94. The van der Waals surface area contributed by atoms with Crippen LogP contribution in [0, 0.1) is 0 Å². The highest BCUT2D eigenvalue weighted by atomic mass is 19.4. The van der Waals surface area contributed by atoms with Crippen LogP contribution >= 0.6 is 0 Å². The molecule has 0 heterocycles. The average Bonchev–Trinajstić information content (AvgIpc) is 2.74. The van der Waals surface area contributed by atoms with E-state index in [0.29, 0.717) is 29.2 Å². The van der Waals surface area contributed by atoms with Gasteiger partial charge >= 0.3 is 12.4 Å². The summed E-state index contributed by atoms with van der Waals surface area (Å²) in [6.45, 7) is -1.16. The average molecular weight is 467 g/mol. The third-order valence-corrected chi connectivity index (χ3v) is 4.22. The van der Waals surface area contributed by atoms with Crippen LogP contribution in [-0.4, -0.2) is 38.4 Å². The molecule has 6 nitrogen and oxygen atoms in total. The summed E-state index contributed by atoms with van der Waals surface area (Å²) in [5, 5.41) is 12.5. The summed E-state index contributed by atoms with van der Waals surface area (Å²) in [6.07, 6.45) is -11.2. The van der Waals surface area contributed by atoms with Crippen LogP contribution in [0.4, 0.5) is 26.3 Å². The number of ether oxygens (including phenoxy) is 3. The third-order valence-electron chi connectivity index (χ3n) is 4.22. The molecule has 0 spiro atoms. The molecule has 0 aliphatic heterocycles. The highest BCUT2D eigenvalue weighted by Crippen LogP contribution is 2.38. The maximum absolute atomic E-state index is 12.9. The van der Waals surface area contributed by atoms with Gasteiger partial charge in [-0.15, -0.1) is 0 Å². The van der Waals surface area contributed by atoms with E-state index >= 15 is 0 Å². The number of halogens is 6. The number of benzene rings is 2. The molecule has 1 atom stereocenters. The predicted molar refractivity (Wildman–Crippen MR) is 99.5 cm³/mol. The summed E-state index contributed by atoms with van der Waals surface area (Å²) in [4.78, 5) is 11.9. The molecule has 1 unspecified atom stereocenters. The zero-order chi connectivity index (χ0) is 24.1. The number of hydrogen-bond donors (Lipinski definition) is 2. The minimum Gasteiger partial charge on any atom is -0.493 e. The molecule has 2 rings (SSSR count). The van der Waals surface area contributed by atoms with Crippen molar-refractivity contribution in [3.05, 3.63) is 53.1 Å². The minimum absolute atomic E-state index is 0.0492. The molecule has 0 aliphatic rings. The van der Waals surface area contributed by atoms with Gasteiger partial charge in [-0.25, -0.2) is 0 Å². The van der Waals surface area contributed by atoms with Crippen LogP contribution in [0.2, 0.25) is 0 Å². The van der Waals surface area contributed by atoms with Gasteiger partial charge in [0.05, 0.1) is 31.5 Å². The molecule has 1 amide bonds. The van der Waals surface area contributed by atoms with E-state index in [4.69, 9.17) is 14.2 Å². The van der Waals surface area contributed by atoms with Gasteiger partial charge in [-0.05, 0) is 35.9 Å². The van der Waals surface area contributed by atoms with E-state index in [-0.39, 0.29) is 12.6 Å². The molecule has 0 saturated carbocycles. The van der Waals surface area contributed by atoms with Crippen LogP contribution in [0.5, 0.6) is 17.2 Å². The molecule has 0 saturated heterocycles. The number of aliphatic hydroxyl groups excluding tert-OH is 1. The summed E-state index contributed by atoms with van der Waals surface area (Å²) in [7, 11) is 2.82. The minimum atomic E-state index is -5.04. The molecule has 0 fully saturated rings. The summed E-state index contributed by atoms with van der Waals surface area (Å²) in [5.74, 6) is -0.887. The normalized spacial score (nSPS) is 12.8. The van der Waals surface area contributed by atoms with E-state index in [0.717, 1.165) is 0 Å². The molecule has 0 radical (unpaired) electrons. The van der Waals surface area contributed by atoms with Gasteiger partial charge in [-0.1, -0.05) is 6.07 Å². The molecule has 2 aromatic carbocycles. The van der Waals surface area contributed by atoms with Crippen LogP contribution in [-0.2, 0) is 17.1 Å². The molecule has 12 heteroatoms.